The minimum absolute atomic E-state index is 0.0709. The van der Waals surface area contributed by atoms with Gasteiger partial charge < -0.3 is 10.4 Å². The van der Waals surface area contributed by atoms with Crippen molar-refractivity contribution in [1.82, 2.24) is 5.32 Å². The largest absolute Gasteiger partial charge is 0.481 e. The van der Waals surface area contributed by atoms with Crippen molar-refractivity contribution in [3.63, 3.8) is 0 Å². The Balaban J connectivity index is 2.34. The van der Waals surface area contributed by atoms with Gasteiger partial charge in [-0.2, -0.15) is 0 Å². The van der Waals surface area contributed by atoms with Gasteiger partial charge in [-0.3, -0.25) is 9.59 Å². The first kappa shape index (κ1) is 24.0. The molecule has 0 radical (unpaired) electrons. The van der Waals surface area contributed by atoms with Crippen molar-refractivity contribution in [3.8, 4) is 0 Å². The maximum Gasteiger partial charge on any atom is 0.303 e. The standard InChI is InChI=1S/C23H43NO3/c25-22(19-20-23(26)27)24-21-17-15-13-11-9-7-5-3-1-2-4-6-8-10-12-14-16-18-21/h21H,1-20H2,(H,24,25)(H,26,27). The van der Waals surface area contributed by atoms with Crippen LogP contribution < -0.4 is 5.32 Å². The Morgan fingerprint density at radius 2 is 0.926 bits per heavy atom. The van der Waals surface area contributed by atoms with E-state index in [1.807, 2.05) is 0 Å². The van der Waals surface area contributed by atoms with Crippen LogP contribution in [0.2, 0.25) is 0 Å². The summed E-state index contributed by atoms with van der Waals surface area (Å²) in [4.78, 5) is 22.7. The number of nitrogens with one attached hydrogen (secondary N) is 1. The zero-order valence-corrected chi connectivity index (χ0v) is 17.5. The van der Waals surface area contributed by atoms with Gasteiger partial charge in [0.25, 0.3) is 0 Å². The van der Waals surface area contributed by atoms with E-state index in [9.17, 15) is 9.59 Å². The number of carboxylic acids is 1. The molecule has 0 atom stereocenters. The fraction of sp³-hybridized carbons (Fsp3) is 0.913. The Kier molecular flexibility index (Phi) is 15.2. The molecule has 1 aliphatic carbocycles. The van der Waals surface area contributed by atoms with Crippen LogP contribution in [0.3, 0.4) is 0 Å². The Labute approximate surface area is 166 Å². The molecule has 0 bridgehead atoms. The predicted octanol–water partition coefficient (Wildman–Crippen LogP) is 6.37. The monoisotopic (exact) mass is 381 g/mol. The molecule has 2 N–H and O–H groups in total. The quantitative estimate of drug-likeness (QED) is 0.594. The van der Waals surface area contributed by atoms with Gasteiger partial charge >= 0.3 is 5.97 Å². The maximum atomic E-state index is 12.0. The van der Waals surface area contributed by atoms with Gasteiger partial charge in [0.2, 0.25) is 5.91 Å². The summed E-state index contributed by atoms with van der Waals surface area (Å²) < 4.78 is 0. The van der Waals surface area contributed by atoms with Gasteiger partial charge in [-0.05, 0) is 12.8 Å². The van der Waals surface area contributed by atoms with Crippen molar-refractivity contribution in [3.05, 3.63) is 0 Å². The highest BCUT2D eigenvalue weighted by Gasteiger charge is 2.13. The molecule has 1 saturated carbocycles. The van der Waals surface area contributed by atoms with E-state index in [1.54, 1.807) is 0 Å². The van der Waals surface area contributed by atoms with E-state index in [0.717, 1.165) is 12.8 Å². The number of rotatable bonds is 4. The van der Waals surface area contributed by atoms with Crippen molar-refractivity contribution >= 4 is 11.9 Å². The van der Waals surface area contributed by atoms with Gasteiger partial charge in [0.1, 0.15) is 0 Å². The lowest BCUT2D eigenvalue weighted by molar-refractivity contribution is -0.138. The zero-order chi connectivity index (χ0) is 19.6. The SMILES string of the molecule is O=C(O)CCC(=O)NC1CCCCCCCCCCCCCCCCCC1. The Morgan fingerprint density at radius 3 is 1.26 bits per heavy atom. The normalized spacial score (nSPS) is 20.7. The third-order valence-corrected chi connectivity index (χ3v) is 5.79. The highest BCUT2D eigenvalue weighted by Crippen LogP contribution is 2.17. The summed E-state index contributed by atoms with van der Waals surface area (Å²) in [6.45, 7) is 0. The zero-order valence-electron chi connectivity index (χ0n) is 17.5. The lowest BCUT2D eigenvalue weighted by Gasteiger charge is -2.19. The molecule has 1 amide bonds. The highest BCUT2D eigenvalue weighted by molar-refractivity contribution is 5.80. The first-order valence-electron chi connectivity index (χ1n) is 11.7. The molecule has 0 aromatic rings. The van der Waals surface area contributed by atoms with Crippen LogP contribution in [0.15, 0.2) is 0 Å². The van der Waals surface area contributed by atoms with Crippen molar-refractivity contribution in [2.75, 3.05) is 0 Å². The third-order valence-electron chi connectivity index (χ3n) is 5.79. The van der Waals surface area contributed by atoms with Gasteiger partial charge in [0.15, 0.2) is 0 Å². The molecule has 0 heterocycles. The molecule has 4 heteroatoms. The van der Waals surface area contributed by atoms with Crippen molar-refractivity contribution < 1.29 is 14.7 Å². The van der Waals surface area contributed by atoms with Gasteiger partial charge in [-0.15, -0.1) is 0 Å². The molecule has 1 rings (SSSR count). The summed E-state index contributed by atoms with van der Waals surface area (Å²) in [7, 11) is 0. The summed E-state index contributed by atoms with van der Waals surface area (Å²) in [6.07, 6.45) is 23.4. The molecule has 27 heavy (non-hydrogen) atoms. The first-order chi connectivity index (χ1) is 13.2. The molecular formula is C23H43NO3. The van der Waals surface area contributed by atoms with Crippen LogP contribution in [0.4, 0.5) is 0 Å². The minimum Gasteiger partial charge on any atom is -0.481 e. The molecule has 0 aromatic heterocycles. The van der Waals surface area contributed by atoms with Crippen LogP contribution in [0.1, 0.15) is 128 Å². The lowest BCUT2D eigenvalue weighted by Crippen LogP contribution is -2.35. The molecule has 0 aromatic carbocycles. The number of aliphatic carboxylic acids is 1. The van der Waals surface area contributed by atoms with Crippen LogP contribution in [0, 0.1) is 0 Å². The van der Waals surface area contributed by atoms with Gasteiger partial charge in [-0.1, -0.05) is 103 Å². The van der Waals surface area contributed by atoms with E-state index in [1.165, 1.54) is 103 Å². The fourth-order valence-electron chi connectivity index (χ4n) is 4.07. The smallest absolute Gasteiger partial charge is 0.303 e. The van der Waals surface area contributed by atoms with Crippen molar-refractivity contribution in [2.24, 2.45) is 0 Å². The van der Waals surface area contributed by atoms with Crippen molar-refractivity contribution in [2.45, 2.75) is 134 Å². The van der Waals surface area contributed by atoms with E-state index < -0.39 is 5.97 Å². The summed E-state index contributed by atoms with van der Waals surface area (Å²) in [5, 5.41) is 11.8. The maximum absolute atomic E-state index is 12.0. The Bertz CT molecular complexity index is 364. The number of carbonyl (C=O) groups excluding carboxylic acids is 1. The van der Waals surface area contributed by atoms with E-state index >= 15 is 0 Å². The van der Waals surface area contributed by atoms with E-state index in [0.29, 0.717) is 0 Å². The van der Waals surface area contributed by atoms with Crippen LogP contribution in [0.5, 0.6) is 0 Å². The molecule has 0 aliphatic heterocycles. The van der Waals surface area contributed by atoms with Crippen molar-refractivity contribution in [1.29, 1.82) is 0 Å². The number of carbonyl (C=O) groups is 2. The third kappa shape index (κ3) is 15.7. The molecule has 158 valence electrons. The molecular weight excluding hydrogens is 338 g/mol. The summed E-state index contributed by atoms with van der Waals surface area (Å²) in [6, 6.07) is 0.230. The molecule has 0 spiro atoms. The number of amides is 1. The molecule has 1 fully saturated rings. The minimum atomic E-state index is -0.898. The van der Waals surface area contributed by atoms with Gasteiger partial charge in [-0.25, -0.2) is 0 Å². The summed E-state index contributed by atoms with van der Waals surface area (Å²) in [5.41, 5.74) is 0. The number of carboxylic acid groups (broad SMARTS) is 1. The number of hydrogen-bond acceptors (Lipinski definition) is 2. The van der Waals surface area contributed by atoms with E-state index in [-0.39, 0.29) is 24.8 Å². The van der Waals surface area contributed by atoms with Crippen LogP contribution in [-0.4, -0.2) is 23.0 Å². The molecule has 1 aliphatic rings. The van der Waals surface area contributed by atoms with Crippen LogP contribution in [-0.2, 0) is 9.59 Å². The lowest BCUT2D eigenvalue weighted by atomic mass is 9.99. The van der Waals surface area contributed by atoms with Crippen LogP contribution >= 0.6 is 0 Å². The Morgan fingerprint density at radius 1 is 0.593 bits per heavy atom. The van der Waals surface area contributed by atoms with E-state index in [4.69, 9.17) is 5.11 Å². The second-order valence-electron chi connectivity index (χ2n) is 8.39. The van der Waals surface area contributed by atoms with Gasteiger partial charge in [0, 0.05) is 12.5 Å². The van der Waals surface area contributed by atoms with E-state index in [2.05, 4.69) is 5.32 Å². The molecule has 0 saturated heterocycles. The summed E-state index contributed by atoms with van der Waals surface area (Å²) >= 11 is 0. The molecule has 0 unspecified atom stereocenters. The predicted molar refractivity (Wildman–Crippen MR) is 112 cm³/mol. The number of hydrogen-bond donors (Lipinski definition) is 2. The first-order valence-corrected chi connectivity index (χ1v) is 11.7. The highest BCUT2D eigenvalue weighted by atomic mass is 16.4. The molecule has 4 nitrogen and oxygen atoms in total. The average molecular weight is 382 g/mol. The van der Waals surface area contributed by atoms with Crippen LogP contribution in [0.25, 0.3) is 0 Å². The second-order valence-corrected chi connectivity index (χ2v) is 8.39. The second kappa shape index (κ2) is 17.1. The summed E-state index contributed by atoms with van der Waals surface area (Å²) in [5.74, 6) is -0.994. The topological polar surface area (TPSA) is 66.4 Å². The van der Waals surface area contributed by atoms with Gasteiger partial charge in [0.05, 0.1) is 6.42 Å². The fourth-order valence-corrected chi connectivity index (χ4v) is 4.07. The Hall–Kier alpha value is -1.06. The average Bonchev–Trinajstić information content (AvgIpc) is 2.64.